The lowest BCUT2D eigenvalue weighted by molar-refractivity contribution is -0.395. The van der Waals surface area contributed by atoms with E-state index in [9.17, 15) is 97.0 Å². The van der Waals surface area contributed by atoms with Gasteiger partial charge in [0.1, 0.15) is 146 Å². The summed E-state index contributed by atoms with van der Waals surface area (Å²) in [5.74, 6) is 0. The number of ether oxygens (including phenoxy) is 12. The van der Waals surface area contributed by atoms with E-state index in [-0.39, 0.29) is 0 Å². The second-order valence-corrected chi connectivity index (χ2v) is 17.0. The SMILES string of the molecule is CO[C@@H]1C(CO)O[C@@H](O[C@H]2C(O)C(O)[C@@H](O[C@@H]3C(CO)O[C@@H](O[C@H]4C(O)C(O)[C@H](O[C@@H]5C(CO)O[C@@H](O)C(O)[C@@H]5O)O[C@H]4CO[C@H]4O[C@@H](CO)[C@H](O)C(O)C4O)C(O)[C@@H]3O)O[C@H]2CO)C(O)[C@@H]1O. The average Bonchev–Trinajstić information content (AvgIpc) is 3.33. The molecule has 0 bridgehead atoms. The summed E-state index contributed by atoms with van der Waals surface area (Å²) in [5.41, 5.74) is 0. The van der Waals surface area contributed by atoms with E-state index in [1.54, 1.807) is 0 Å². The molecule has 398 valence electrons. The van der Waals surface area contributed by atoms with Crippen LogP contribution in [-0.4, -0.2) is 328 Å². The Balaban J connectivity index is 1.17. The highest BCUT2D eigenvalue weighted by atomic mass is 16.8. The van der Waals surface area contributed by atoms with Gasteiger partial charge in [-0.3, -0.25) is 0 Å². The van der Waals surface area contributed by atoms with Crippen LogP contribution in [0.4, 0.5) is 0 Å². The molecule has 19 N–H and O–H groups in total. The molecule has 6 fully saturated rings. The number of aliphatic hydroxyl groups excluding tert-OH is 19. The van der Waals surface area contributed by atoms with E-state index in [0.717, 1.165) is 0 Å². The standard InChI is InChI=1S/C37H64O31/c1-57-27-9(3-39)61-34(23(52)17(27)46)66-29-11(5-41)62-35(24(53)18(29)47)67-30-12(6-42)63-36(25(54)19(30)48)68-31-13(7-58-33-22(51)15(44)14(43)8(2-38)60-33)64-37(26(55)20(31)49)65-28-10(4-40)59-32(56)21(50)16(28)45/h8-56H,2-7H2,1H3/t8-,9?,10?,11-,12?,13-,14-,15?,16-,17-,18?,19-,20?,21?,22?,23?,24?,25?,26?,27+,28+,29+,30+,31+,32+,33-,34-,35+,36-,37-/m0/s1. The first-order chi connectivity index (χ1) is 32.3. The Hall–Kier alpha value is -1.24. The first kappa shape index (κ1) is 56.1. The Labute approximate surface area is 384 Å². The van der Waals surface area contributed by atoms with Crippen LogP contribution in [0, 0.1) is 0 Å². The first-order valence-corrected chi connectivity index (χ1v) is 21.5. The van der Waals surface area contributed by atoms with Crippen LogP contribution in [0.5, 0.6) is 0 Å². The molecule has 6 rings (SSSR count). The predicted molar refractivity (Wildman–Crippen MR) is 204 cm³/mol. The minimum atomic E-state index is -2.23. The van der Waals surface area contributed by atoms with Crippen LogP contribution in [0.1, 0.15) is 0 Å². The Kier molecular flexibility index (Phi) is 19.9. The second-order valence-electron chi connectivity index (χ2n) is 17.0. The molecule has 68 heavy (non-hydrogen) atoms. The average molecular weight is 1000 g/mol. The van der Waals surface area contributed by atoms with Crippen molar-refractivity contribution in [2.24, 2.45) is 0 Å². The summed E-state index contributed by atoms with van der Waals surface area (Å²) in [6, 6.07) is 0. The molecule has 0 saturated carbocycles. The van der Waals surface area contributed by atoms with Gasteiger partial charge >= 0.3 is 0 Å². The van der Waals surface area contributed by atoms with Crippen molar-refractivity contribution in [2.75, 3.05) is 46.8 Å². The largest absolute Gasteiger partial charge is 0.394 e. The number of rotatable bonds is 17. The number of hydrogen-bond donors (Lipinski definition) is 19. The molecule has 31 nitrogen and oxygen atoms in total. The lowest BCUT2D eigenvalue weighted by atomic mass is 9.95. The van der Waals surface area contributed by atoms with Gasteiger partial charge in [-0.1, -0.05) is 0 Å². The van der Waals surface area contributed by atoms with Crippen LogP contribution < -0.4 is 0 Å². The van der Waals surface area contributed by atoms with E-state index in [4.69, 9.17) is 56.8 Å². The molecular formula is C37H64O31. The zero-order chi connectivity index (χ0) is 50.0. The van der Waals surface area contributed by atoms with Gasteiger partial charge in [0.25, 0.3) is 0 Å². The molecule has 0 aliphatic carbocycles. The van der Waals surface area contributed by atoms with E-state index >= 15 is 0 Å². The summed E-state index contributed by atoms with van der Waals surface area (Å²) in [4.78, 5) is 0. The van der Waals surface area contributed by atoms with Crippen molar-refractivity contribution in [1.29, 1.82) is 0 Å². The first-order valence-electron chi connectivity index (χ1n) is 21.5. The molecular weight excluding hydrogens is 940 g/mol. The van der Waals surface area contributed by atoms with Gasteiger partial charge in [0.2, 0.25) is 0 Å². The topological polar surface area (TPSA) is 495 Å². The van der Waals surface area contributed by atoms with Gasteiger partial charge in [0.15, 0.2) is 37.7 Å². The molecule has 6 saturated heterocycles. The summed E-state index contributed by atoms with van der Waals surface area (Å²) in [6.45, 7) is -5.37. The molecule has 30 atom stereocenters. The van der Waals surface area contributed by atoms with Gasteiger partial charge in [0.05, 0.1) is 39.6 Å². The van der Waals surface area contributed by atoms with Crippen molar-refractivity contribution in [3.63, 3.8) is 0 Å². The van der Waals surface area contributed by atoms with E-state index < -0.39 is 224 Å². The molecule has 0 aromatic carbocycles. The fourth-order valence-corrected chi connectivity index (χ4v) is 8.69. The third-order valence-electron chi connectivity index (χ3n) is 12.7. The zero-order valence-electron chi connectivity index (χ0n) is 36.0. The highest BCUT2D eigenvalue weighted by Gasteiger charge is 2.57. The molecule has 0 aromatic heterocycles. The molecule has 0 radical (unpaired) electrons. The Morgan fingerprint density at radius 3 is 0.971 bits per heavy atom. The molecule has 0 amide bonds. The summed E-state index contributed by atoms with van der Waals surface area (Å²) in [5, 5.41) is 200. The van der Waals surface area contributed by atoms with Gasteiger partial charge < -0.3 is 154 Å². The highest BCUT2D eigenvalue weighted by molar-refractivity contribution is 4.99. The van der Waals surface area contributed by atoms with Gasteiger partial charge in [-0.15, -0.1) is 0 Å². The molecule has 6 heterocycles. The van der Waals surface area contributed by atoms with Crippen LogP contribution in [0.15, 0.2) is 0 Å². The van der Waals surface area contributed by atoms with Crippen LogP contribution >= 0.6 is 0 Å². The maximum atomic E-state index is 11.5. The van der Waals surface area contributed by atoms with Gasteiger partial charge in [0, 0.05) is 7.11 Å². The van der Waals surface area contributed by atoms with E-state index in [2.05, 4.69) is 0 Å². The van der Waals surface area contributed by atoms with Crippen LogP contribution in [0.25, 0.3) is 0 Å². The van der Waals surface area contributed by atoms with Crippen molar-refractivity contribution in [3.05, 3.63) is 0 Å². The van der Waals surface area contributed by atoms with Crippen molar-refractivity contribution >= 4 is 0 Å². The van der Waals surface area contributed by atoms with E-state index in [0.29, 0.717) is 0 Å². The van der Waals surface area contributed by atoms with Crippen molar-refractivity contribution in [2.45, 2.75) is 184 Å². The minimum absolute atomic E-state index is 0.704. The lowest BCUT2D eigenvalue weighted by Crippen LogP contribution is -2.68. The highest BCUT2D eigenvalue weighted by Crippen LogP contribution is 2.36. The predicted octanol–water partition coefficient (Wildman–Crippen LogP) is -13.4. The maximum Gasteiger partial charge on any atom is 0.187 e. The van der Waals surface area contributed by atoms with Crippen molar-refractivity contribution in [3.8, 4) is 0 Å². The quantitative estimate of drug-likeness (QED) is 0.0643. The molecule has 0 aromatic rings. The monoisotopic (exact) mass is 1000 g/mol. The number of methoxy groups -OCH3 is 1. The Bertz CT molecular complexity index is 1520. The molecule has 6 aliphatic heterocycles. The van der Waals surface area contributed by atoms with E-state index in [1.807, 2.05) is 0 Å². The normalized spacial score (nSPS) is 52.8. The third-order valence-corrected chi connectivity index (χ3v) is 12.7. The summed E-state index contributed by atoms with van der Waals surface area (Å²) >= 11 is 0. The smallest absolute Gasteiger partial charge is 0.187 e. The molecule has 12 unspecified atom stereocenters. The maximum absolute atomic E-state index is 11.5. The minimum Gasteiger partial charge on any atom is -0.394 e. The van der Waals surface area contributed by atoms with E-state index in [1.165, 1.54) is 7.11 Å². The van der Waals surface area contributed by atoms with Crippen molar-refractivity contribution < 1.29 is 154 Å². The third kappa shape index (κ3) is 11.4. The van der Waals surface area contributed by atoms with Crippen LogP contribution in [-0.2, 0) is 56.8 Å². The number of hydrogen-bond acceptors (Lipinski definition) is 31. The summed E-state index contributed by atoms with van der Waals surface area (Å²) in [6.07, 6.45) is -55.7. The fourth-order valence-electron chi connectivity index (χ4n) is 8.69. The Morgan fingerprint density at radius 2 is 0.588 bits per heavy atom. The van der Waals surface area contributed by atoms with Gasteiger partial charge in [-0.25, -0.2) is 0 Å². The summed E-state index contributed by atoms with van der Waals surface area (Å²) < 4.78 is 66.5. The van der Waals surface area contributed by atoms with Crippen LogP contribution in [0.2, 0.25) is 0 Å². The molecule has 0 spiro atoms. The van der Waals surface area contributed by atoms with Gasteiger partial charge in [-0.2, -0.15) is 0 Å². The number of aliphatic hydroxyl groups is 19. The summed E-state index contributed by atoms with van der Waals surface area (Å²) in [7, 11) is 1.18. The Morgan fingerprint density at radius 1 is 0.294 bits per heavy atom. The second kappa shape index (κ2) is 24.2. The molecule has 31 heteroatoms. The van der Waals surface area contributed by atoms with Gasteiger partial charge in [-0.05, 0) is 0 Å². The fraction of sp³-hybridized carbons (Fsp3) is 1.00. The van der Waals surface area contributed by atoms with Crippen molar-refractivity contribution in [1.82, 2.24) is 0 Å². The molecule has 6 aliphatic rings. The van der Waals surface area contributed by atoms with Crippen LogP contribution in [0.3, 0.4) is 0 Å². The zero-order valence-corrected chi connectivity index (χ0v) is 36.0. The lowest BCUT2D eigenvalue weighted by Gasteiger charge is -2.49.